The summed E-state index contributed by atoms with van der Waals surface area (Å²) in [5.41, 5.74) is 2.35. The van der Waals surface area contributed by atoms with Crippen LogP contribution in [0.3, 0.4) is 0 Å². The summed E-state index contributed by atoms with van der Waals surface area (Å²) in [7, 11) is 0. The normalized spacial score (nSPS) is 11.2. The van der Waals surface area contributed by atoms with Gasteiger partial charge in [0.15, 0.2) is 5.69 Å². The van der Waals surface area contributed by atoms with Crippen LogP contribution in [0, 0.1) is 0 Å². The van der Waals surface area contributed by atoms with Crippen LogP contribution in [-0.2, 0) is 6.54 Å². The molecule has 0 aliphatic heterocycles. The number of hydrogen-bond donors (Lipinski definition) is 2. The summed E-state index contributed by atoms with van der Waals surface area (Å²) in [6.45, 7) is 9.03. The van der Waals surface area contributed by atoms with Crippen molar-refractivity contribution in [3.05, 3.63) is 36.4 Å². The minimum absolute atomic E-state index is 0.120. The Kier molecular flexibility index (Phi) is 5.27. The van der Waals surface area contributed by atoms with Crippen LogP contribution in [0.4, 0.5) is 5.69 Å². The molecule has 0 aliphatic rings. The molecule has 1 heterocycles. The van der Waals surface area contributed by atoms with Gasteiger partial charge in [-0.2, -0.15) is 0 Å². The highest BCUT2D eigenvalue weighted by molar-refractivity contribution is 7.80. The summed E-state index contributed by atoms with van der Waals surface area (Å²) >= 11 is 5.09. The highest BCUT2D eigenvalue weighted by Gasteiger charge is 2.15. The molecule has 0 fully saturated rings. The molecule has 0 unspecified atom stereocenters. The molecule has 1 aromatic carbocycles. The van der Waals surface area contributed by atoms with Crippen molar-refractivity contribution in [2.75, 3.05) is 6.54 Å². The van der Waals surface area contributed by atoms with Crippen LogP contribution in [0.25, 0.3) is 10.9 Å². The van der Waals surface area contributed by atoms with Gasteiger partial charge in [0.05, 0.1) is 5.52 Å². The van der Waals surface area contributed by atoms with Gasteiger partial charge in [0.25, 0.3) is 0 Å². The summed E-state index contributed by atoms with van der Waals surface area (Å²) in [6.07, 6.45) is 0.918. The minimum Gasteiger partial charge on any atom is -0.493 e. The van der Waals surface area contributed by atoms with E-state index < -0.39 is 0 Å². The first-order chi connectivity index (χ1) is 10.5. The van der Waals surface area contributed by atoms with Crippen molar-refractivity contribution in [2.24, 2.45) is 10.2 Å². The summed E-state index contributed by atoms with van der Waals surface area (Å²) in [6, 6.07) is 7.73. The van der Waals surface area contributed by atoms with Gasteiger partial charge in [-0.3, -0.25) is 0 Å². The van der Waals surface area contributed by atoms with Gasteiger partial charge < -0.3 is 15.0 Å². The highest BCUT2D eigenvalue weighted by atomic mass is 32.1. The average molecular weight is 316 g/mol. The van der Waals surface area contributed by atoms with Crippen LogP contribution in [0.2, 0.25) is 0 Å². The molecular weight excluding hydrogens is 296 g/mol. The lowest BCUT2D eigenvalue weighted by molar-refractivity contribution is 0.421. The van der Waals surface area contributed by atoms with Gasteiger partial charge in [-0.15, -0.1) is 10.2 Å². The van der Waals surface area contributed by atoms with Crippen molar-refractivity contribution in [1.29, 1.82) is 0 Å². The van der Waals surface area contributed by atoms with E-state index in [-0.39, 0.29) is 11.0 Å². The third kappa shape index (κ3) is 3.51. The summed E-state index contributed by atoms with van der Waals surface area (Å²) in [4.78, 5) is 0. The molecule has 0 saturated carbocycles. The Hall–Kier alpha value is -2.21. The van der Waals surface area contributed by atoms with E-state index in [1.165, 1.54) is 0 Å². The lowest BCUT2D eigenvalue weighted by Crippen LogP contribution is -2.20. The predicted molar refractivity (Wildman–Crippen MR) is 93.8 cm³/mol. The van der Waals surface area contributed by atoms with Gasteiger partial charge in [-0.1, -0.05) is 37.3 Å². The quantitative estimate of drug-likeness (QED) is 0.491. The van der Waals surface area contributed by atoms with Crippen molar-refractivity contribution in [3.8, 4) is 5.88 Å². The van der Waals surface area contributed by atoms with Crippen LogP contribution in [0.15, 0.2) is 46.6 Å². The van der Waals surface area contributed by atoms with Crippen molar-refractivity contribution in [3.63, 3.8) is 0 Å². The standard InChI is InChI=1S/C16H20N4OS/c1-4-9-20-13-8-6-5-7-12(13)14(15(20)21)18-19-16(22)17-10-11(2)3/h5-8,21H,2,4,9-10H2,1,3H3,(H,17,22). The molecule has 2 rings (SSSR count). The zero-order valence-corrected chi connectivity index (χ0v) is 13.7. The fourth-order valence-corrected chi connectivity index (χ4v) is 2.29. The number of benzene rings is 1. The number of aryl methyl sites for hydroxylation is 1. The van der Waals surface area contributed by atoms with Crippen molar-refractivity contribution in [2.45, 2.75) is 26.8 Å². The van der Waals surface area contributed by atoms with Gasteiger partial charge in [0, 0.05) is 18.5 Å². The topological polar surface area (TPSA) is 61.9 Å². The first-order valence-electron chi connectivity index (χ1n) is 7.18. The van der Waals surface area contributed by atoms with E-state index in [2.05, 4.69) is 29.0 Å². The molecule has 1 aromatic heterocycles. The van der Waals surface area contributed by atoms with Crippen LogP contribution in [-0.4, -0.2) is 21.3 Å². The van der Waals surface area contributed by atoms with E-state index in [1.54, 1.807) is 0 Å². The number of para-hydroxylation sites is 1. The third-order valence-corrected chi connectivity index (χ3v) is 3.37. The number of nitrogens with zero attached hydrogens (tertiary/aromatic N) is 3. The van der Waals surface area contributed by atoms with Gasteiger partial charge in [0.2, 0.25) is 11.0 Å². The minimum atomic E-state index is 0.120. The van der Waals surface area contributed by atoms with Crippen molar-refractivity contribution < 1.29 is 5.11 Å². The van der Waals surface area contributed by atoms with E-state index >= 15 is 0 Å². The maximum absolute atomic E-state index is 10.4. The number of nitrogens with one attached hydrogen (secondary N) is 1. The first-order valence-corrected chi connectivity index (χ1v) is 7.59. The first kappa shape index (κ1) is 16.2. The second-order valence-electron chi connectivity index (χ2n) is 5.16. The van der Waals surface area contributed by atoms with E-state index in [9.17, 15) is 5.11 Å². The molecule has 22 heavy (non-hydrogen) atoms. The Bertz CT molecular complexity index is 733. The number of aromatic nitrogens is 1. The van der Waals surface area contributed by atoms with Crippen LogP contribution >= 0.6 is 12.2 Å². The van der Waals surface area contributed by atoms with E-state index in [1.807, 2.05) is 35.8 Å². The molecule has 0 saturated heterocycles. The van der Waals surface area contributed by atoms with Gasteiger partial charge >= 0.3 is 0 Å². The molecule has 5 nitrogen and oxygen atoms in total. The molecule has 2 N–H and O–H groups in total. The highest BCUT2D eigenvalue weighted by Crippen LogP contribution is 2.38. The zero-order chi connectivity index (χ0) is 16.1. The van der Waals surface area contributed by atoms with Gasteiger partial charge in [-0.25, -0.2) is 0 Å². The number of fused-ring (bicyclic) bond motifs is 1. The fourth-order valence-electron chi connectivity index (χ4n) is 2.18. The maximum Gasteiger partial charge on any atom is 0.220 e. The average Bonchev–Trinajstić information content (AvgIpc) is 2.76. The predicted octanol–water partition coefficient (Wildman–Crippen LogP) is 4.29. The molecule has 0 aliphatic carbocycles. The number of aromatic hydroxyl groups is 1. The molecular formula is C16H20N4OS. The molecule has 116 valence electrons. The second-order valence-corrected chi connectivity index (χ2v) is 5.54. The summed E-state index contributed by atoms with van der Waals surface area (Å²) in [5.74, 6) is 0.120. The van der Waals surface area contributed by atoms with Gasteiger partial charge in [-0.05, 0) is 31.6 Å². The Balaban J connectivity index is 2.33. The van der Waals surface area contributed by atoms with E-state index in [4.69, 9.17) is 12.2 Å². The Morgan fingerprint density at radius 2 is 2.14 bits per heavy atom. The number of hydrogen-bond acceptors (Lipinski definition) is 3. The van der Waals surface area contributed by atoms with Crippen LogP contribution < -0.4 is 5.32 Å². The second kappa shape index (κ2) is 7.17. The maximum atomic E-state index is 10.4. The number of azo groups is 1. The largest absolute Gasteiger partial charge is 0.493 e. The lowest BCUT2D eigenvalue weighted by Gasteiger charge is -2.03. The molecule has 0 bridgehead atoms. The molecule has 0 spiro atoms. The van der Waals surface area contributed by atoms with Gasteiger partial charge in [0.1, 0.15) is 0 Å². The van der Waals surface area contributed by atoms with Crippen molar-refractivity contribution in [1.82, 2.24) is 9.88 Å². The molecule has 0 radical (unpaired) electrons. The monoisotopic (exact) mass is 316 g/mol. The number of thiocarbonyl (C=S) groups is 1. The smallest absolute Gasteiger partial charge is 0.220 e. The lowest BCUT2D eigenvalue weighted by atomic mass is 10.2. The molecule has 0 amide bonds. The Morgan fingerprint density at radius 1 is 1.41 bits per heavy atom. The summed E-state index contributed by atoms with van der Waals surface area (Å²) in [5, 5.41) is 22.6. The van der Waals surface area contributed by atoms with Crippen molar-refractivity contribution >= 4 is 33.9 Å². The van der Waals surface area contributed by atoms with Crippen LogP contribution in [0.5, 0.6) is 5.88 Å². The van der Waals surface area contributed by atoms with Crippen LogP contribution in [0.1, 0.15) is 20.3 Å². The molecule has 6 heteroatoms. The SMILES string of the molecule is C=C(C)CNC(=S)N=Nc1c(O)n(CCC)c2ccccc12. The van der Waals surface area contributed by atoms with E-state index in [0.717, 1.165) is 29.4 Å². The third-order valence-electron chi connectivity index (χ3n) is 3.15. The Morgan fingerprint density at radius 3 is 2.82 bits per heavy atom. The molecule has 0 atom stereocenters. The summed E-state index contributed by atoms with van der Waals surface area (Å²) < 4.78 is 1.84. The zero-order valence-electron chi connectivity index (χ0n) is 12.8. The van der Waals surface area contributed by atoms with E-state index in [0.29, 0.717) is 12.2 Å². The number of rotatable bonds is 5. The fraction of sp³-hybridized carbons (Fsp3) is 0.312. The Labute approximate surface area is 135 Å². The molecule has 2 aromatic rings.